The summed E-state index contributed by atoms with van der Waals surface area (Å²) in [4.78, 5) is 12.1. The maximum atomic E-state index is 5.89. The number of hydrogen-bond donors (Lipinski definition) is 0. The topological polar surface area (TPSA) is 75.0 Å². The zero-order valence-corrected chi connectivity index (χ0v) is 11.7. The molecule has 3 aromatic rings. The molecule has 0 bridgehead atoms. The van der Waals surface area contributed by atoms with Gasteiger partial charge < -0.3 is 9.47 Å². The van der Waals surface area contributed by atoms with E-state index in [4.69, 9.17) is 21.1 Å². The van der Waals surface area contributed by atoms with Crippen LogP contribution in [0.5, 0.6) is 17.5 Å². The van der Waals surface area contributed by atoms with E-state index in [-0.39, 0.29) is 17.2 Å². The van der Waals surface area contributed by atoms with Gasteiger partial charge in [-0.25, -0.2) is 4.68 Å². The Morgan fingerprint density at radius 3 is 2.57 bits per heavy atom. The summed E-state index contributed by atoms with van der Waals surface area (Å²) in [5.74, 6) is 1.31. The molecule has 0 aliphatic rings. The summed E-state index contributed by atoms with van der Waals surface area (Å²) < 4.78 is 12.3. The first-order chi connectivity index (χ1) is 10.3. The minimum atomic E-state index is 0.0143. The molecule has 0 N–H and O–H groups in total. The highest BCUT2D eigenvalue weighted by molar-refractivity contribution is 6.28. The maximum absolute atomic E-state index is 5.89. The molecule has 0 radical (unpaired) electrons. The maximum Gasteiger partial charge on any atom is 0.328 e. The van der Waals surface area contributed by atoms with Crippen molar-refractivity contribution in [3.8, 4) is 23.5 Å². The van der Waals surface area contributed by atoms with Gasteiger partial charge in [0.25, 0.3) is 5.95 Å². The Morgan fingerprint density at radius 1 is 1.05 bits per heavy atom. The van der Waals surface area contributed by atoms with Gasteiger partial charge in [-0.1, -0.05) is 12.1 Å². The van der Waals surface area contributed by atoms with E-state index in [2.05, 4.69) is 20.1 Å². The number of benzene rings is 1. The van der Waals surface area contributed by atoms with E-state index >= 15 is 0 Å². The molecule has 1 aromatic carbocycles. The van der Waals surface area contributed by atoms with Crippen LogP contribution >= 0.6 is 11.6 Å². The smallest absolute Gasteiger partial charge is 0.328 e. The number of methoxy groups -OCH3 is 1. The Kier molecular flexibility index (Phi) is 3.65. The number of rotatable bonds is 4. The Balaban J connectivity index is 1.96. The lowest BCUT2D eigenvalue weighted by Gasteiger charge is -2.09. The van der Waals surface area contributed by atoms with E-state index in [1.165, 1.54) is 4.68 Å². The summed E-state index contributed by atoms with van der Waals surface area (Å²) in [5.41, 5.74) is 0. The molecule has 0 aliphatic heterocycles. The number of para-hydroxylation sites is 2. The Labute approximate surface area is 125 Å². The molecule has 8 heteroatoms. The van der Waals surface area contributed by atoms with Crippen molar-refractivity contribution in [2.75, 3.05) is 7.11 Å². The minimum Gasteiger partial charge on any atom is -0.493 e. The number of nitrogens with zero attached hydrogens (tertiary/aromatic N) is 5. The summed E-state index contributed by atoms with van der Waals surface area (Å²) in [6.45, 7) is 0. The van der Waals surface area contributed by atoms with Gasteiger partial charge in [0.2, 0.25) is 5.28 Å². The molecule has 21 heavy (non-hydrogen) atoms. The fraction of sp³-hybridized carbons (Fsp3) is 0.0769. The van der Waals surface area contributed by atoms with Crippen molar-refractivity contribution in [1.29, 1.82) is 0 Å². The Morgan fingerprint density at radius 2 is 1.86 bits per heavy atom. The molecule has 3 rings (SSSR count). The van der Waals surface area contributed by atoms with Crippen molar-refractivity contribution in [3.05, 3.63) is 48.0 Å². The third-order valence-electron chi connectivity index (χ3n) is 2.56. The lowest BCUT2D eigenvalue weighted by atomic mass is 10.3. The molecule has 106 valence electrons. The summed E-state index contributed by atoms with van der Waals surface area (Å²) in [7, 11) is 1.55. The molecule has 0 aliphatic carbocycles. The van der Waals surface area contributed by atoms with Gasteiger partial charge in [-0.2, -0.15) is 20.1 Å². The average Bonchev–Trinajstić information content (AvgIpc) is 3.01. The molecule has 0 amide bonds. The standard InChI is InChI=1S/C13H10ClN5O2/c1-20-9-5-2-3-6-10(9)21-13-17-11(14)16-12(18-13)19-8-4-7-15-19/h2-8H,1H3. The molecule has 2 heterocycles. The minimum absolute atomic E-state index is 0.0143. The molecule has 2 aromatic heterocycles. The van der Waals surface area contributed by atoms with Gasteiger partial charge in [0.05, 0.1) is 7.11 Å². The molecule has 0 unspecified atom stereocenters. The van der Waals surface area contributed by atoms with Crippen LogP contribution < -0.4 is 9.47 Å². The SMILES string of the molecule is COc1ccccc1Oc1nc(Cl)nc(-n2cccn2)n1. The molecule has 0 saturated carbocycles. The summed E-state index contributed by atoms with van der Waals surface area (Å²) >= 11 is 5.89. The second-order valence-electron chi connectivity index (χ2n) is 3.89. The average molecular weight is 304 g/mol. The first-order valence-corrected chi connectivity index (χ1v) is 6.36. The highest BCUT2D eigenvalue weighted by Gasteiger charge is 2.11. The third kappa shape index (κ3) is 2.92. The van der Waals surface area contributed by atoms with Crippen molar-refractivity contribution < 1.29 is 9.47 Å². The van der Waals surface area contributed by atoms with Gasteiger partial charge in [0.1, 0.15) is 0 Å². The number of halogens is 1. The van der Waals surface area contributed by atoms with E-state index in [1.807, 2.05) is 12.1 Å². The lowest BCUT2D eigenvalue weighted by molar-refractivity contribution is 0.367. The molecule has 0 saturated heterocycles. The van der Waals surface area contributed by atoms with Gasteiger partial charge in [0, 0.05) is 12.4 Å². The Bertz CT molecular complexity index is 748. The molecule has 0 fully saturated rings. The zero-order chi connectivity index (χ0) is 14.7. The van der Waals surface area contributed by atoms with E-state index in [9.17, 15) is 0 Å². The van der Waals surface area contributed by atoms with Crippen LogP contribution in [0.25, 0.3) is 5.95 Å². The van der Waals surface area contributed by atoms with Crippen LogP contribution in [0.15, 0.2) is 42.7 Å². The molecule has 0 atom stereocenters. The molecule has 0 spiro atoms. The van der Waals surface area contributed by atoms with Crippen LogP contribution in [0.3, 0.4) is 0 Å². The molecule has 7 nitrogen and oxygen atoms in total. The van der Waals surface area contributed by atoms with Gasteiger partial charge in [-0.05, 0) is 29.8 Å². The van der Waals surface area contributed by atoms with Crippen LogP contribution in [0.2, 0.25) is 5.28 Å². The third-order valence-corrected chi connectivity index (χ3v) is 2.72. The quantitative estimate of drug-likeness (QED) is 0.737. The number of ether oxygens (including phenoxy) is 2. The zero-order valence-electron chi connectivity index (χ0n) is 11.0. The Hall–Kier alpha value is -2.67. The highest BCUT2D eigenvalue weighted by atomic mass is 35.5. The second kappa shape index (κ2) is 5.76. The van der Waals surface area contributed by atoms with E-state index in [0.29, 0.717) is 11.5 Å². The van der Waals surface area contributed by atoms with Gasteiger partial charge >= 0.3 is 6.01 Å². The largest absolute Gasteiger partial charge is 0.493 e. The van der Waals surface area contributed by atoms with Crippen molar-refractivity contribution >= 4 is 11.6 Å². The predicted octanol–water partition coefficient (Wildman–Crippen LogP) is 2.51. The van der Waals surface area contributed by atoms with Crippen molar-refractivity contribution in [1.82, 2.24) is 24.7 Å². The lowest BCUT2D eigenvalue weighted by Crippen LogP contribution is -2.05. The molecular formula is C13H10ClN5O2. The number of hydrogen-bond acceptors (Lipinski definition) is 6. The summed E-state index contributed by atoms with van der Waals surface area (Å²) in [6.07, 6.45) is 3.30. The van der Waals surface area contributed by atoms with Gasteiger partial charge in [-0.3, -0.25) is 0 Å². The van der Waals surface area contributed by atoms with Gasteiger partial charge in [0.15, 0.2) is 11.5 Å². The van der Waals surface area contributed by atoms with Crippen molar-refractivity contribution in [2.24, 2.45) is 0 Å². The van der Waals surface area contributed by atoms with Gasteiger partial charge in [-0.15, -0.1) is 0 Å². The predicted molar refractivity (Wildman–Crippen MR) is 75.0 cm³/mol. The fourth-order valence-corrected chi connectivity index (χ4v) is 1.81. The monoisotopic (exact) mass is 303 g/mol. The fourth-order valence-electron chi connectivity index (χ4n) is 1.66. The van der Waals surface area contributed by atoms with Crippen LogP contribution in [-0.4, -0.2) is 31.8 Å². The first-order valence-electron chi connectivity index (χ1n) is 5.99. The normalized spacial score (nSPS) is 10.4. The second-order valence-corrected chi connectivity index (χ2v) is 4.23. The van der Waals surface area contributed by atoms with Crippen molar-refractivity contribution in [3.63, 3.8) is 0 Å². The van der Waals surface area contributed by atoms with Crippen molar-refractivity contribution in [2.45, 2.75) is 0 Å². The van der Waals surface area contributed by atoms with Crippen LogP contribution in [-0.2, 0) is 0 Å². The van der Waals surface area contributed by atoms with E-state index < -0.39 is 0 Å². The van der Waals surface area contributed by atoms with Crippen LogP contribution in [0, 0.1) is 0 Å². The number of aromatic nitrogens is 5. The molecular weight excluding hydrogens is 294 g/mol. The summed E-state index contributed by atoms with van der Waals surface area (Å²) in [5, 5.41) is 4.05. The van der Waals surface area contributed by atoms with E-state index in [1.54, 1.807) is 37.7 Å². The summed E-state index contributed by atoms with van der Waals surface area (Å²) in [6, 6.07) is 8.97. The van der Waals surface area contributed by atoms with E-state index in [0.717, 1.165) is 0 Å². The van der Waals surface area contributed by atoms with Crippen LogP contribution in [0.1, 0.15) is 0 Å². The first kappa shape index (κ1) is 13.3. The van der Waals surface area contributed by atoms with Crippen LogP contribution in [0.4, 0.5) is 0 Å². The highest BCUT2D eigenvalue weighted by Crippen LogP contribution is 2.29.